The fraction of sp³-hybridized carbons (Fsp3) is 0.333. The van der Waals surface area contributed by atoms with E-state index in [4.69, 9.17) is 10.00 Å². The molecular weight excluding hydrogens is 372 g/mol. The van der Waals surface area contributed by atoms with Gasteiger partial charge in [-0.15, -0.1) is 0 Å². The Bertz CT molecular complexity index is 1000. The van der Waals surface area contributed by atoms with Crippen LogP contribution >= 0.6 is 0 Å². The molecule has 152 valence electrons. The summed E-state index contributed by atoms with van der Waals surface area (Å²) in [6.07, 6.45) is 0.332. The van der Waals surface area contributed by atoms with Crippen LogP contribution in [0.5, 0.6) is 0 Å². The Kier molecular flexibility index (Phi) is 7.15. The van der Waals surface area contributed by atoms with Gasteiger partial charge in [-0.1, -0.05) is 0 Å². The average Bonchev–Trinajstić information content (AvgIpc) is 2.66. The summed E-state index contributed by atoms with van der Waals surface area (Å²) >= 11 is 0. The van der Waals surface area contributed by atoms with Crippen LogP contribution in [0.4, 0.5) is 11.4 Å². The van der Waals surface area contributed by atoms with Gasteiger partial charge >= 0.3 is 5.97 Å². The second-order valence-electron chi connectivity index (χ2n) is 6.82. The molecule has 1 amide bonds. The van der Waals surface area contributed by atoms with Gasteiger partial charge in [0.05, 0.1) is 0 Å². The fourth-order valence-corrected chi connectivity index (χ4v) is 2.91. The number of rotatable bonds is 7. The summed E-state index contributed by atoms with van der Waals surface area (Å²) in [5.41, 5.74) is 3.10. The highest BCUT2D eigenvalue weighted by Crippen LogP contribution is 2.16. The summed E-state index contributed by atoms with van der Waals surface area (Å²) in [7, 11) is 3.84. The normalized spacial score (nSPS) is 10.2. The molecule has 8 heteroatoms. The van der Waals surface area contributed by atoms with Crippen molar-refractivity contribution in [2.45, 2.75) is 26.7 Å². The number of nitrogens with one attached hydrogen (secondary N) is 2. The summed E-state index contributed by atoms with van der Waals surface area (Å²) in [4.78, 5) is 40.3. The maximum absolute atomic E-state index is 12.0. The van der Waals surface area contributed by atoms with E-state index < -0.39 is 17.4 Å². The van der Waals surface area contributed by atoms with Gasteiger partial charge in [-0.05, 0) is 55.7 Å². The molecule has 0 saturated carbocycles. The molecule has 0 fully saturated rings. The molecule has 0 atom stereocenters. The maximum atomic E-state index is 12.0. The average molecular weight is 396 g/mol. The summed E-state index contributed by atoms with van der Waals surface area (Å²) in [6, 6.07) is 9.15. The van der Waals surface area contributed by atoms with Crippen molar-refractivity contribution >= 4 is 23.3 Å². The molecule has 0 unspecified atom stereocenters. The van der Waals surface area contributed by atoms with Crippen LogP contribution in [0.3, 0.4) is 0 Å². The molecule has 1 aromatic carbocycles. The van der Waals surface area contributed by atoms with Crippen LogP contribution < -0.4 is 15.8 Å². The number of amides is 1. The highest BCUT2D eigenvalue weighted by atomic mass is 16.5. The van der Waals surface area contributed by atoms with Gasteiger partial charge in [0.2, 0.25) is 0 Å². The van der Waals surface area contributed by atoms with Crippen molar-refractivity contribution < 1.29 is 14.3 Å². The van der Waals surface area contributed by atoms with Gasteiger partial charge in [0.15, 0.2) is 6.61 Å². The lowest BCUT2D eigenvalue weighted by Crippen LogP contribution is -2.21. The van der Waals surface area contributed by atoms with E-state index in [2.05, 4.69) is 10.3 Å². The Labute approximate surface area is 169 Å². The zero-order valence-corrected chi connectivity index (χ0v) is 17.0. The van der Waals surface area contributed by atoms with E-state index in [1.54, 1.807) is 26.0 Å². The number of pyridine rings is 1. The van der Waals surface area contributed by atoms with Crippen molar-refractivity contribution in [3.05, 3.63) is 57.0 Å². The first-order valence-electron chi connectivity index (χ1n) is 9.08. The number of hydrogen-bond donors (Lipinski definition) is 2. The molecule has 0 radical (unpaired) electrons. The number of aromatic amines is 1. The van der Waals surface area contributed by atoms with Crippen molar-refractivity contribution in [1.82, 2.24) is 4.98 Å². The van der Waals surface area contributed by atoms with E-state index in [1.807, 2.05) is 37.2 Å². The van der Waals surface area contributed by atoms with Crippen LogP contribution in [0.1, 0.15) is 28.8 Å². The van der Waals surface area contributed by atoms with Gasteiger partial charge in [-0.25, -0.2) is 0 Å². The topological polar surface area (TPSA) is 115 Å². The lowest BCUT2D eigenvalue weighted by atomic mass is 9.99. The summed E-state index contributed by atoms with van der Waals surface area (Å²) < 4.78 is 5.02. The number of aryl methyl sites for hydroxylation is 1. The molecule has 0 bridgehead atoms. The maximum Gasteiger partial charge on any atom is 0.306 e. The molecule has 0 aliphatic carbocycles. The Morgan fingerprint density at radius 3 is 2.45 bits per heavy atom. The first-order chi connectivity index (χ1) is 13.7. The van der Waals surface area contributed by atoms with Crippen molar-refractivity contribution in [2.24, 2.45) is 0 Å². The predicted octanol–water partition coefficient (Wildman–Crippen LogP) is 2.04. The standard InChI is InChI=1S/C21H24N4O4/c1-13-17(14(2)23-21(28)18(13)11-22)9-10-20(27)29-12-19(26)24-15-5-7-16(8-6-15)25(3)4/h5-8H,9-10,12H2,1-4H3,(H,23,28)(H,24,26). The number of carbonyl (C=O) groups excluding carboxylic acids is 2. The number of hydrogen-bond acceptors (Lipinski definition) is 6. The van der Waals surface area contributed by atoms with Crippen LogP contribution in [0.25, 0.3) is 0 Å². The SMILES string of the molecule is Cc1[nH]c(=O)c(C#N)c(C)c1CCC(=O)OCC(=O)Nc1ccc(N(C)C)cc1. The molecule has 2 aromatic rings. The molecule has 8 nitrogen and oxygen atoms in total. The van der Waals surface area contributed by atoms with E-state index >= 15 is 0 Å². The van der Waals surface area contributed by atoms with E-state index in [9.17, 15) is 14.4 Å². The number of benzene rings is 1. The largest absolute Gasteiger partial charge is 0.456 e. The van der Waals surface area contributed by atoms with Crippen molar-refractivity contribution in [3.63, 3.8) is 0 Å². The molecule has 0 spiro atoms. The Balaban J connectivity index is 1.87. The molecule has 1 heterocycles. The second-order valence-corrected chi connectivity index (χ2v) is 6.82. The third kappa shape index (κ3) is 5.69. The Morgan fingerprint density at radius 2 is 1.86 bits per heavy atom. The van der Waals surface area contributed by atoms with E-state index in [-0.39, 0.29) is 18.6 Å². The van der Waals surface area contributed by atoms with Gasteiger partial charge in [-0.2, -0.15) is 5.26 Å². The van der Waals surface area contributed by atoms with Gasteiger partial charge < -0.3 is 19.9 Å². The summed E-state index contributed by atoms with van der Waals surface area (Å²) in [5, 5.41) is 11.8. The minimum Gasteiger partial charge on any atom is -0.456 e. The molecular formula is C21H24N4O4. The number of anilines is 2. The predicted molar refractivity (Wildman–Crippen MR) is 110 cm³/mol. The number of aromatic nitrogens is 1. The van der Waals surface area contributed by atoms with Crippen LogP contribution in [0, 0.1) is 25.2 Å². The molecule has 0 aliphatic heterocycles. The zero-order chi connectivity index (χ0) is 21.6. The molecule has 29 heavy (non-hydrogen) atoms. The molecule has 1 aromatic heterocycles. The Morgan fingerprint density at radius 1 is 1.21 bits per heavy atom. The van der Waals surface area contributed by atoms with Gasteiger partial charge in [-0.3, -0.25) is 14.4 Å². The van der Waals surface area contributed by atoms with Gasteiger partial charge in [0, 0.05) is 37.6 Å². The van der Waals surface area contributed by atoms with Crippen molar-refractivity contribution in [3.8, 4) is 6.07 Å². The summed E-state index contributed by atoms with van der Waals surface area (Å²) in [5.74, 6) is -0.967. The second kappa shape index (κ2) is 9.55. The number of ether oxygens (including phenoxy) is 1. The quantitative estimate of drug-likeness (QED) is 0.692. The van der Waals surface area contributed by atoms with E-state index in [0.717, 1.165) is 11.3 Å². The fourth-order valence-electron chi connectivity index (χ4n) is 2.91. The van der Waals surface area contributed by atoms with Crippen molar-refractivity contribution in [1.29, 1.82) is 5.26 Å². The lowest BCUT2D eigenvalue weighted by molar-refractivity contribution is -0.147. The third-order valence-electron chi connectivity index (χ3n) is 4.53. The number of nitriles is 1. The molecule has 2 N–H and O–H groups in total. The first kappa shape index (κ1) is 21.7. The number of H-pyrrole nitrogens is 1. The molecule has 0 saturated heterocycles. The first-order valence-corrected chi connectivity index (χ1v) is 9.08. The highest BCUT2D eigenvalue weighted by Gasteiger charge is 2.14. The van der Waals surface area contributed by atoms with Crippen molar-refractivity contribution in [2.75, 3.05) is 30.9 Å². The van der Waals surface area contributed by atoms with Crippen LogP contribution in [-0.2, 0) is 20.7 Å². The number of nitrogens with zero attached hydrogens (tertiary/aromatic N) is 2. The highest BCUT2D eigenvalue weighted by molar-refractivity contribution is 5.92. The summed E-state index contributed by atoms with van der Waals surface area (Å²) in [6.45, 7) is 3.00. The third-order valence-corrected chi connectivity index (χ3v) is 4.53. The molecule has 0 aliphatic rings. The lowest BCUT2D eigenvalue weighted by Gasteiger charge is -2.13. The van der Waals surface area contributed by atoms with Crippen LogP contribution in [-0.4, -0.2) is 37.6 Å². The number of esters is 1. The van der Waals surface area contributed by atoms with Crippen LogP contribution in [0.2, 0.25) is 0 Å². The van der Waals surface area contributed by atoms with E-state index in [1.165, 1.54) is 0 Å². The monoisotopic (exact) mass is 396 g/mol. The van der Waals surface area contributed by atoms with Gasteiger partial charge in [0.1, 0.15) is 11.6 Å². The van der Waals surface area contributed by atoms with E-state index in [0.29, 0.717) is 23.4 Å². The molecule has 2 rings (SSSR count). The smallest absolute Gasteiger partial charge is 0.306 e. The Hall–Kier alpha value is -3.60. The minimum absolute atomic E-state index is 0.0312. The van der Waals surface area contributed by atoms with Gasteiger partial charge in [0.25, 0.3) is 11.5 Å². The van der Waals surface area contributed by atoms with Crippen LogP contribution in [0.15, 0.2) is 29.1 Å². The zero-order valence-electron chi connectivity index (χ0n) is 17.0. The minimum atomic E-state index is -0.536. The number of carbonyl (C=O) groups is 2.